The van der Waals surface area contributed by atoms with Crippen molar-refractivity contribution in [1.82, 2.24) is 4.98 Å². The van der Waals surface area contributed by atoms with Crippen LogP contribution in [0.15, 0.2) is 91.4 Å². The van der Waals surface area contributed by atoms with Crippen LogP contribution in [-0.2, 0) is 11.2 Å². The maximum absolute atomic E-state index is 5.71. The minimum Gasteiger partial charge on any atom is -0.372 e. The topological polar surface area (TPSA) is 34.1 Å². The van der Waals surface area contributed by atoms with E-state index in [1.165, 1.54) is 5.56 Å². The monoisotopic (exact) mass is 320 g/mol. The third kappa shape index (κ3) is 5.52. The average molecular weight is 320 g/mol. The number of rotatable bonds is 2. The molecule has 0 aromatic carbocycles. The number of hydrogen-bond donors (Lipinski definition) is 1. The molecule has 2 bridgehead atoms. The molecule has 0 spiro atoms. The molecule has 0 fully saturated rings. The highest BCUT2D eigenvalue weighted by Gasteiger charge is 2.03. The molecule has 3 heteroatoms. The molecule has 2 heterocycles. The number of anilines is 1. The van der Waals surface area contributed by atoms with E-state index in [0.29, 0.717) is 13.2 Å². The van der Waals surface area contributed by atoms with Crippen LogP contribution in [0.3, 0.4) is 0 Å². The van der Waals surface area contributed by atoms with Gasteiger partial charge in [-0.3, -0.25) is 0 Å². The Morgan fingerprint density at radius 3 is 2.58 bits per heavy atom. The van der Waals surface area contributed by atoms with E-state index >= 15 is 0 Å². The first-order valence-electron chi connectivity index (χ1n) is 7.93. The lowest BCUT2D eigenvalue weighted by Crippen LogP contribution is -2.03. The predicted molar refractivity (Wildman–Crippen MR) is 102 cm³/mol. The number of ether oxygens (including phenoxy) is 1. The summed E-state index contributed by atoms with van der Waals surface area (Å²) in [6, 6.07) is 4.06. The molecule has 3 nitrogen and oxygen atoms in total. The number of nitrogens with one attached hydrogen (secondary N) is 1. The highest BCUT2D eigenvalue weighted by atomic mass is 16.5. The smallest absolute Gasteiger partial charge is 0.130 e. The second kappa shape index (κ2) is 8.85. The van der Waals surface area contributed by atoms with Crippen molar-refractivity contribution in [3.63, 3.8) is 0 Å². The van der Waals surface area contributed by atoms with Crippen LogP contribution in [0, 0.1) is 0 Å². The maximum Gasteiger partial charge on any atom is 0.130 e. The standard InChI is InChI=1S/C21H24N2O/c1-5-18-7-8-20-9-10-22-21(13-20)23-17(4)12-19(6-2)15-24-14-16(3)11-18/h5-6,9-13H,1-4,7-8,14-15H2,(H,22,23)/b18-11+,19-12+. The fraction of sp³-hybridized carbons (Fsp3) is 0.190. The van der Waals surface area contributed by atoms with Gasteiger partial charge in [0.15, 0.2) is 0 Å². The molecule has 0 radical (unpaired) electrons. The van der Waals surface area contributed by atoms with Crippen molar-refractivity contribution >= 4 is 5.82 Å². The van der Waals surface area contributed by atoms with Crippen LogP contribution in [0.25, 0.3) is 0 Å². The van der Waals surface area contributed by atoms with Gasteiger partial charge < -0.3 is 10.1 Å². The molecule has 1 aromatic rings. The fourth-order valence-electron chi connectivity index (χ4n) is 2.41. The summed E-state index contributed by atoms with van der Waals surface area (Å²) in [6.07, 6.45) is 11.2. The van der Waals surface area contributed by atoms with Crippen molar-refractivity contribution in [2.45, 2.75) is 12.8 Å². The van der Waals surface area contributed by atoms with Crippen LogP contribution in [0.4, 0.5) is 5.82 Å². The first-order chi connectivity index (χ1) is 11.6. The third-order valence-corrected chi connectivity index (χ3v) is 3.65. The van der Waals surface area contributed by atoms with Gasteiger partial charge in [0, 0.05) is 11.9 Å². The molecule has 0 amide bonds. The minimum atomic E-state index is 0.452. The molecule has 1 aliphatic heterocycles. The molecule has 124 valence electrons. The SMILES string of the molecule is C=C/C1=C\C(=C)COC/C(C=C)=C/C(=C)Nc2cc(ccn2)CC1. The zero-order chi connectivity index (χ0) is 17.4. The molecule has 0 unspecified atom stereocenters. The normalized spacial score (nSPS) is 21.2. The summed E-state index contributed by atoms with van der Waals surface area (Å²) >= 11 is 0. The van der Waals surface area contributed by atoms with E-state index in [-0.39, 0.29) is 0 Å². The Morgan fingerprint density at radius 2 is 1.83 bits per heavy atom. The van der Waals surface area contributed by atoms with Crippen LogP contribution in [0.2, 0.25) is 0 Å². The van der Waals surface area contributed by atoms with Gasteiger partial charge in [0.2, 0.25) is 0 Å². The molecule has 0 saturated heterocycles. The Bertz CT molecular complexity index is 710. The molecule has 1 aliphatic rings. The van der Waals surface area contributed by atoms with Gasteiger partial charge in [-0.2, -0.15) is 0 Å². The van der Waals surface area contributed by atoms with Crippen molar-refractivity contribution in [3.05, 3.63) is 96.9 Å². The van der Waals surface area contributed by atoms with Gasteiger partial charge in [0.1, 0.15) is 5.82 Å². The Balaban J connectivity index is 2.29. The summed E-state index contributed by atoms with van der Waals surface area (Å²) < 4.78 is 5.71. The number of aryl methyl sites for hydroxylation is 1. The first-order valence-corrected chi connectivity index (χ1v) is 7.93. The molecule has 0 aliphatic carbocycles. The first kappa shape index (κ1) is 17.7. The number of fused-ring (bicyclic) bond motifs is 2. The Morgan fingerprint density at radius 1 is 1.04 bits per heavy atom. The largest absolute Gasteiger partial charge is 0.372 e. The molecule has 24 heavy (non-hydrogen) atoms. The molecular weight excluding hydrogens is 296 g/mol. The van der Waals surface area contributed by atoms with E-state index in [9.17, 15) is 0 Å². The Labute approximate surface area is 144 Å². The number of aromatic nitrogens is 1. The number of hydrogen-bond acceptors (Lipinski definition) is 3. The number of nitrogens with zero attached hydrogens (tertiary/aromatic N) is 1. The van der Waals surface area contributed by atoms with Gasteiger partial charge in [0.05, 0.1) is 13.2 Å². The van der Waals surface area contributed by atoms with Gasteiger partial charge in [-0.15, -0.1) is 0 Å². The van der Waals surface area contributed by atoms with Gasteiger partial charge in [-0.05, 0) is 53.3 Å². The Kier molecular flexibility index (Phi) is 6.52. The van der Waals surface area contributed by atoms with Crippen LogP contribution in [0.5, 0.6) is 0 Å². The number of allylic oxidation sites excluding steroid dienone is 3. The van der Waals surface area contributed by atoms with E-state index in [1.807, 2.05) is 30.4 Å². The second-order valence-electron chi connectivity index (χ2n) is 5.70. The summed E-state index contributed by atoms with van der Waals surface area (Å²) in [6.45, 7) is 16.7. The van der Waals surface area contributed by atoms with Crippen LogP contribution in [-0.4, -0.2) is 18.2 Å². The van der Waals surface area contributed by atoms with E-state index in [0.717, 1.165) is 41.1 Å². The van der Waals surface area contributed by atoms with Crippen molar-refractivity contribution in [2.75, 3.05) is 18.5 Å². The molecule has 0 atom stereocenters. The summed E-state index contributed by atoms with van der Waals surface area (Å²) in [7, 11) is 0. The number of pyridine rings is 1. The Hall–Kier alpha value is -2.65. The van der Waals surface area contributed by atoms with Gasteiger partial charge in [-0.1, -0.05) is 44.5 Å². The summed E-state index contributed by atoms with van der Waals surface area (Å²) in [4.78, 5) is 4.34. The molecule has 2 rings (SSSR count). The average Bonchev–Trinajstić information content (AvgIpc) is 2.57. The van der Waals surface area contributed by atoms with Crippen LogP contribution >= 0.6 is 0 Å². The summed E-state index contributed by atoms with van der Waals surface area (Å²) in [5.41, 5.74) is 4.97. The highest BCUT2D eigenvalue weighted by molar-refractivity contribution is 5.47. The summed E-state index contributed by atoms with van der Waals surface area (Å²) in [5.74, 6) is 0.779. The van der Waals surface area contributed by atoms with Crippen LogP contribution < -0.4 is 5.32 Å². The van der Waals surface area contributed by atoms with Crippen molar-refractivity contribution < 1.29 is 4.74 Å². The quantitative estimate of drug-likeness (QED) is 0.854. The maximum atomic E-state index is 5.71. The van der Waals surface area contributed by atoms with E-state index < -0.39 is 0 Å². The minimum absolute atomic E-state index is 0.452. The van der Waals surface area contributed by atoms with Gasteiger partial charge >= 0.3 is 0 Å². The highest BCUT2D eigenvalue weighted by Crippen LogP contribution is 2.16. The van der Waals surface area contributed by atoms with Crippen LogP contribution in [0.1, 0.15) is 12.0 Å². The molecule has 0 saturated carbocycles. The molecule has 1 N–H and O–H groups in total. The van der Waals surface area contributed by atoms with Crippen molar-refractivity contribution in [1.29, 1.82) is 0 Å². The van der Waals surface area contributed by atoms with Crippen molar-refractivity contribution in [2.24, 2.45) is 0 Å². The lowest BCUT2D eigenvalue weighted by Gasteiger charge is -2.09. The zero-order valence-electron chi connectivity index (χ0n) is 14.1. The lowest BCUT2D eigenvalue weighted by molar-refractivity contribution is 0.184. The summed E-state index contributed by atoms with van der Waals surface area (Å²) in [5, 5.41) is 3.21. The third-order valence-electron chi connectivity index (χ3n) is 3.65. The van der Waals surface area contributed by atoms with E-state index in [1.54, 1.807) is 12.3 Å². The lowest BCUT2D eigenvalue weighted by atomic mass is 10.0. The molecule has 1 aromatic heterocycles. The zero-order valence-corrected chi connectivity index (χ0v) is 14.1. The van der Waals surface area contributed by atoms with E-state index in [4.69, 9.17) is 4.74 Å². The predicted octanol–water partition coefficient (Wildman–Crippen LogP) is 4.75. The second-order valence-corrected chi connectivity index (χ2v) is 5.70. The molecular formula is C21H24N2O. The van der Waals surface area contributed by atoms with Crippen molar-refractivity contribution in [3.8, 4) is 0 Å². The van der Waals surface area contributed by atoms with Gasteiger partial charge in [-0.25, -0.2) is 4.98 Å². The van der Waals surface area contributed by atoms with Gasteiger partial charge in [0.25, 0.3) is 0 Å². The fourth-order valence-corrected chi connectivity index (χ4v) is 2.41. The van der Waals surface area contributed by atoms with E-state index in [2.05, 4.69) is 36.6 Å².